The van der Waals surface area contributed by atoms with Crippen LogP contribution in [0.2, 0.25) is 0 Å². The third-order valence-corrected chi connectivity index (χ3v) is 4.28. The molecule has 0 spiro atoms. The number of carbonyl (C=O) groups excluding carboxylic acids is 1. The van der Waals surface area contributed by atoms with E-state index in [4.69, 9.17) is 9.47 Å². The van der Waals surface area contributed by atoms with Crippen molar-refractivity contribution < 1.29 is 18.7 Å². The molecule has 1 N–H and O–H groups in total. The van der Waals surface area contributed by atoms with Gasteiger partial charge in [0.15, 0.2) is 0 Å². The summed E-state index contributed by atoms with van der Waals surface area (Å²) in [6.07, 6.45) is 4.19. The fraction of sp³-hybridized carbons (Fsp3) is 0.632. The summed E-state index contributed by atoms with van der Waals surface area (Å²) in [7, 11) is 0. The molecule has 0 bridgehead atoms. The quantitative estimate of drug-likeness (QED) is 0.851. The number of ether oxygens (including phenoxy) is 2. The van der Waals surface area contributed by atoms with E-state index in [0.29, 0.717) is 11.7 Å². The predicted octanol–water partition coefficient (Wildman–Crippen LogP) is 3.79. The molecule has 1 atom stereocenters. The van der Waals surface area contributed by atoms with Gasteiger partial charge in [0, 0.05) is 12.6 Å². The second kappa shape index (κ2) is 6.71. The Balaban J connectivity index is 1.85. The summed E-state index contributed by atoms with van der Waals surface area (Å²) in [5.74, 6) is -0.255. The molecule has 1 aromatic rings. The summed E-state index contributed by atoms with van der Waals surface area (Å²) >= 11 is 0. The Labute approximate surface area is 142 Å². The van der Waals surface area contributed by atoms with E-state index in [9.17, 15) is 9.18 Å². The summed E-state index contributed by atoms with van der Waals surface area (Å²) in [6.45, 7) is 7.11. The Morgan fingerprint density at radius 2 is 2.00 bits per heavy atom. The van der Waals surface area contributed by atoms with E-state index in [1.54, 1.807) is 26.8 Å². The second-order valence-corrected chi connectivity index (χ2v) is 7.73. The van der Waals surface area contributed by atoms with Crippen molar-refractivity contribution in [2.75, 3.05) is 13.1 Å². The molecular weight excluding hydrogens is 309 g/mol. The van der Waals surface area contributed by atoms with Gasteiger partial charge in [0.1, 0.15) is 23.3 Å². The van der Waals surface area contributed by atoms with Gasteiger partial charge in [0.2, 0.25) is 0 Å². The molecule has 132 valence electrons. The van der Waals surface area contributed by atoms with Crippen LogP contribution in [0, 0.1) is 5.82 Å². The number of piperidine rings is 1. The van der Waals surface area contributed by atoms with Crippen LogP contribution in [0.4, 0.5) is 4.39 Å². The summed E-state index contributed by atoms with van der Waals surface area (Å²) in [5.41, 5.74) is 0.287. The molecule has 1 aliphatic heterocycles. The SMILES string of the molecule is CC(C)(C)OC(=O)c1cc(C2CC2)c(O[C@@H]2CCCNC2)cc1F. The predicted molar refractivity (Wildman–Crippen MR) is 90.1 cm³/mol. The molecule has 1 aromatic carbocycles. The van der Waals surface area contributed by atoms with Gasteiger partial charge in [-0.25, -0.2) is 9.18 Å². The zero-order chi connectivity index (χ0) is 17.3. The zero-order valence-electron chi connectivity index (χ0n) is 14.7. The molecule has 3 rings (SSSR count). The van der Waals surface area contributed by atoms with Crippen LogP contribution >= 0.6 is 0 Å². The monoisotopic (exact) mass is 335 g/mol. The third kappa shape index (κ3) is 4.26. The molecule has 4 nitrogen and oxygen atoms in total. The summed E-state index contributed by atoms with van der Waals surface area (Å²) < 4.78 is 25.9. The van der Waals surface area contributed by atoms with E-state index in [-0.39, 0.29) is 11.7 Å². The maximum absolute atomic E-state index is 14.5. The number of esters is 1. The van der Waals surface area contributed by atoms with Gasteiger partial charge >= 0.3 is 5.97 Å². The van der Waals surface area contributed by atoms with E-state index in [1.165, 1.54) is 6.07 Å². The Morgan fingerprint density at radius 1 is 1.25 bits per heavy atom. The first-order chi connectivity index (χ1) is 11.3. The van der Waals surface area contributed by atoms with Crippen LogP contribution < -0.4 is 10.1 Å². The Bertz CT molecular complexity index is 614. The van der Waals surface area contributed by atoms with Gasteiger partial charge in [0.25, 0.3) is 0 Å². The minimum absolute atomic E-state index is 0.000874. The summed E-state index contributed by atoms with van der Waals surface area (Å²) in [4.78, 5) is 12.3. The first kappa shape index (κ1) is 17.2. The highest BCUT2D eigenvalue weighted by Gasteiger charge is 2.31. The average Bonchev–Trinajstić information content (AvgIpc) is 3.31. The number of benzene rings is 1. The Morgan fingerprint density at radius 3 is 2.58 bits per heavy atom. The van der Waals surface area contributed by atoms with E-state index in [2.05, 4.69) is 5.32 Å². The van der Waals surface area contributed by atoms with Gasteiger partial charge in [-0.05, 0) is 70.5 Å². The van der Waals surface area contributed by atoms with Crippen LogP contribution in [-0.4, -0.2) is 30.8 Å². The standard InChI is InChI=1S/C19H26FNO3/c1-19(2,3)24-18(22)15-9-14(12-6-7-12)17(10-16(15)20)23-13-5-4-8-21-11-13/h9-10,12-13,21H,4-8,11H2,1-3H3/t13-/m1/s1. The van der Waals surface area contributed by atoms with Crippen LogP contribution in [0.1, 0.15) is 68.3 Å². The van der Waals surface area contributed by atoms with Crippen molar-refractivity contribution in [2.45, 2.75) is 64.1 Å². The van der Waals surface area contributed by atoms with Crippen molar-refractivity contribution in [3.8, 4) is 5.75 Å². The molecule has 1 saturated heterocycles. The lowest BCUT2D eigenvalue weighted by atomic mass is 10.0. The van der Waals surface area contributed by atoms with Gasteiger partial charge in [-0.3, -0.25) is 0 Å². The van der Waals surface area contributed by atoms with Crippen molar-refractivity contribution in [3.63, 3.8) is 0 Å². The van der Waals surface area contributed by atoms with Gasteiger partial charge in [-0.2, -0.15) is 0 Å². The van der Waals surface area contributed by atoms with Crippen LogP contribution in [0.5, 0.6) is 5.75 Å². The minimum atomic E-state index is -0.647. The topological polar surface area (TPSA) is 47.6 Å². The van der Waals surface area contributed by atoms with Crippen LogP contribution in [0.15, 0.2) is 12.1 Å². The van der Waals surface area contributed by atoms with Crippen molar-refractivity contribution in [1.29, 1.82) is 0 Å². The molecule has 24 heavy (non-hydrogen) atoms. The van der Waals surface area contributed by atoms with Crippen molar-refractivity contribution in [3.05, 3.63) is 29.1 Å². The molecule has 5 heteroatoms. The molecule has 1 heterocycles. The third-order valence-electron chi connectivity index (χ3n) is 4.28. The highest BCUT2D eigenvalue weighted by Crippen LogP contribution is 2.45. The first-order valence-electron chi connectivity index (χ1n) is 8.77. The Kier molecular flexibility index (Phi) is 4.81. The molecule has 2 aliphatic rings. The smallest absolute Gasteiger partial charge is 0.341 e. The van der Waals surface area contributed by atoms with Gasteiger partial charge in [-0.15, -0.1) is 0 Å². The highest BCUT2D eigenvalue weighted by atomic mass is 19.1. The first-order valence-corrected chi connectivity index (χ1v) is 8.77. The van der Waals surface area contributed by atoms with E-state index in [1.807, 2.05) is 0 Å². The summed E-state index contributed by atoms with van der Waals surface area (Å²) in [6, 6.07) is 2.99. The maximum atomic E-state index is 14.5. The molecule has 2 fully saturated rings. The highest BCUT2D eigenvalue weighted by molar-refractivity contribution is 5.90. The molecular formula is C19H26FNO3. The molecule has 1 saturated carbocycles. The fourth-order valence-electron chi connectivity index (χ4n) is 2.98. The number of rotatable bonds is 4. The Hall–Kier alpha value is -1.62. The number of carbonyl (C=O) groups is 1. The lowest BCUT2D eigenvalue weighted by Crippen LogP contribution is -2.37. The van der Waals surface area contributed by atoms with Crippen LogP contribution in [0.25, 0.3) is 0 Å². The largest absolute Gasteiger partial charge is 0.489 e. The maximum Gasteiger partial charge on any atom is 0.341 e. The van der Waals surface area contributed by atoms with Gasteiger partial charge in [-0.1, -0.05) is 0 Å². The van der Waals surface area contributed by atoms with E-state index < -0.39 is 17.4 Å². The second-order valence-electron chi connectivity index (χ2n) is 7.73. The molecule has 0 unspecified atom stereocenters. The van der Waals surface area contributed by atoms with Gasteiger partial charge in [0.05, 0.1) is 5.56 Å². The molecule has 1 aliphatic carbocycles. The molecule has 0 amide bonds. The number of hydrogen-bond acceptors (Lipinski definition) is 4. The fourth-order valence-corrected chi connectivity index (χ4v) is 2.98. The minimum Gasteiger partial charge on any atom is -0.489 e. The van der Waals surface area contributed by atoms with Gasteiger partial charge < -0.3 is 14.8 Å². The average molecular weight is 335 g/mol. The lowest BCUT2D eigenvalue weighted by molar-refractivity contribution is 0.00645. The number of nitrogens with one attached hydrogen (secondary N) is 1. The van der Waals surface area contributed by atoms with Crippen molar-refractivity contribution >= 4 is 5.97 Å². The summed E-state index contributed by atoms with van der Waals surface area (Å²) in [5, 5.41) is 3.30. The normalized spacial score (nSPS) is 21.4. The van der Waals surface area contributed by atoms with Crippen molar-refractivity contribution in [1.82, 2.24) is 5.32 Å². The van der Waals surface area contributed by atoms with E-state index in [0.717, 1.165) is 44.3 Å². The van der Waals surface area contributed by atoms with Crippen LogP contribution in [0.3, 0.4) is 0 Å². The van der Waals surface area contributed by atoms with Crippen molar-refractivity contribution in [2.24, 2.45) is 0 Å². The molecule has 0 radical (unpaired) electrons. The lowest BCUT2D eigenvalue weighted by Gasteiger charge is -2.26. The zero-order valence-corrected chi connectivity index (χ0v) is 14.7. The number of hydrogen-bond donors (Lipinski definition) is 1. The number of halogens is 1. The van der Waals surface area contributed by atoms with E-state index >= 15 is 0 Å². The molecule has 0 aromatic heterocycles. The van der Waals surface area contributed by atoms with Crippen LogP contribution in [-0.2, 0) is 4.74 Å².